The van der Waals surface area contributed by atoms with Gasteiger partial charge in [0.25, 0.3) is 0 Å². The van der Waals surface area contributed by atoms with E-state index in [1.165, 1.54) is 54.6 Å². The average molecular weight is 532 g/mol. The molecule has 0 saturated carbocycles. The summed E-state index contributed by atoms with van der Waals surface area (Å²) in [4.78, 5) is 0. The van der Waals surface area contributed by atoms with Gasteiger partial charge in [-0.05, 0) is 88.7 Å². The lowest BCUT2D eigenvalue weighted by Gasteiger charge is -2.39. The van der Waals surface area contributed by atoms with E-state index in [9.17, 15) is 0 Å². The molecule has 198 valence electrons. The first-order valence-electron chi connectivity index (χ1n) is 14.5. The zero-order valence-corrected chi connectivity index (χ0v) is 23.6. The van der Waals surface area contributed by atoms with Crippen LogP contribution in [0.2, 0.25) is 0 Å². The average Bonchev–Trinajstić information content (AvgIpc) is 3.40. The number of para-hydroxylation sites is 2. The van der Waals surface area contributed by atoms with Crippen LogP contribution in [0.1, 0.15) is 49.9 Å². The van der Waals surface area contributed by atoms with Crippen molar-refractivity contribution in [3.63, 3.8) is 0 Å². The predicted molar refractivity (Wildman–Crippen MR) is 167 cm³/mol. The van der Waals surface area contributed by atoms with Crippen molar-refractivity contribution in [3.05, 3.63) is 125 Å². The van der Waals surface area contributed by atoms with Crippen molar-refractivity contribution in [2.75, 3.05) is 0 Å². The van der Waals surface area contributed by atoms with Gasteiger partial charge in [0, 0.05) is 11.1 Å². The standard InChI is InChI=1S/C37H29BO3/c1-35(2)36(3,4)41-38(40-35)22-19-20-23-24-11-9-15-29-33(24)34-25(26(23)21-22)12-10-16-30(34)37(29)27-13-5-7-17-31(27)39-32-18-8-6-14-28(32)37/h5-21H,1-4H3. The second-order valence-corrected chi connectivity index (χ2v) is 12.7. The first-order valence-corrected chi connectivity index (χ1v) is 14.5. The second kappa shape index (κ2) is 7.58. The van der Waals surface area contributed by atoms with Crippen molar-refractivity contribution < 1.29 is 14.0 Å². The highest BCUT2D eigenvalue weighted by Crippen LogP contribution is 2.62. The van der Waals surface area contributed by atoms with E-state index in [1.54, 1.807) is 0 Å². The van der Waals surface area contributed by atoms with Crippen molar-refractivity contribution in [2.45, 2.75) is 44.3 Å². The number of fused-ring (bicyclic) bond motifs is 9. The molecule has 0 atom stereocenters. The van der Waals surface area contributed by atoms with Crippen molar-refractivity contribution in [1.29, 1.82) is 0 Å². The van der Waals surface area contributed by atoms with E-state index < -0.39 is 12.5 Å². The highest BCUT2D eigenvalue weighted by molar-refractivity contribution is 6.62. The summed E-state index contributed by atoms with van der Waals surface area (Å²) in [5, 5.41) is 7.66. The zero-order valence-electron chi connectivity index (χ0n) is 23.6. The van der Waals surface area contributed by atoms with Gasteiger partial charge in [-0.2, -0.15) is 0 Å². The largest absolute Gasteiger partial charge is 0.494 e. The van der Waals surface area contributed by atoms with Gasteiger partial charge in [0.1, 0.15) is 11.5 Å². The Kier molecular flexibility index (Phi) is 4.36. The van der Waals surface area contributed by atoms with E-state index >= 15 is 0 Å². The highest BCUT2D eigenvalue weighted by atomic mass is 16.7. The molecule has 3 aliphatic rings. The molecule has 2 aliphatic heterocycles. The summed E-state index contributed by atoms with van der Waals surface area (Å²) in [6, 6.07) is 37.5. The fourth-order valence-electron chi connectivity index (χ4n) is 7.58. The Balaban J connectivity index is 1.40. The Morgan fingerprint density at radius 2 is 1.00 bits per heavy atom. The molecule has 0 aromatic heterocycles. The maximum atomic E-state index is 6.51. The molecule has 1 aliphatic carbocycles. The molecular formula is C37H29BO3. The summed E-state index contributed by atoms with van der Waals surface area (Å²) in [7, 11) is -0.407. The molecule has 1 spiro atoms. The van der Waals surface area contributed by atoms with Crippen LogP contribution >= 0.6 is 0 Å². The summed E-state index contributed by atoms with van der Waals surface area (Å²) in [5.74, 6) is 1.83. The number of benzene rings is 6. The van der Waals surface area contributed by atoms with E-state index in [0.29, 0.717) is 0 Å². The van der Waals surface area contributed by atoms with Gasteiger partial charge in [0.2, 0.25) is 0 Å². The van der Waals surface area contributed by atoms with Crippen LogP contribution in [0.4, 0.5) is 0 Å². The van der Waals surface area contributed by atoms with Gasteiger partial charge in [-0.1, -0.05) is 91.0 Å². The normalized spacial score (nSPS) is 18.8. The number of ether oxygens (including phenoxy) is 1. The molecule has 0 radical (unpaired) electrons. The summed E-state index contributed by atoms with van der Waals surface area (Å²) < 4.78 is 19.4. The lowest BCUT2D eigenvalue weighted by Crippen LogP contribution is -2.41. The van der Waals surface area contributed by atoms with Gasteiger partial charge in [0.15, 0.2) is 0 Å². The third-order valence-corrected chi connectivity index (χ3v) is 10.1. The third-order valence-electron chi connectivity index (χ3n) is 10.1. The molecule has 4 heteroatoms. The van der Waals surface area contributed by atoms with Crippen molar-refractivity contribution in [2.24, 2.45) is 0 Å². The quantitative estimate of drug-likeness (QED) is 0.157. The SMILES string of the molecule is CC1(C)OB(c2ccc3c(c2)c2cccc4c2c2c(cccc32)C42c3ccccc3Oc3ccccc32)OC1(C)C. The smallest absolute Gasteiger partial charge is 0.457 e. The lowest BCUT2D eigenvalue weighted by molar-refractivity contribution is 0.00578. The topological polar surface area (TPSA) is 27.7 Å². The molecular weight excluding hydrogens is 503 g/mol. The van der Waals surface area contributed by atoms with Gasteiger partial charge >= 0.3 is 7.12 Å². The molecule has 6 aromatic rings. The minimum atomic E-state index is -0.460. The molecule has 1 saturated heterocycles. The third kappa shape index (κ3) is 2.77. The Bertz CT molecular complexity index is 2050. The van der Waals surface area contributed by atoms with E-state index in [2.05, 4.69) is 131 Å². The molecule has 6 aromatic carbocycles. The summed E-state index contributed by atoms with van der Waals surface area (Å²) in [6.07, 6.45) is 0. The van der Waals surface area contributed by atoms with Crippen molar-refractivity contribution >= 4 is 44.9 Å². The molecule has 9 rings (SSSR count). The summed E-state index contributed by atoms with van der Waals surface area (Å²) >= 11 is 0. The minimum absolute atomic E-state index is 0.390. The maximum absolute atomic E-state index is 6.51. The molecule has 2 heterocycles. The van der Waals surface area contributed by atoms with Crippen LogP contribution in [0.15, 0.2) is 103 Å². The van der Waals surface area contributed by atoms with Gasteiger partial charge in [0.05, 0.1) is 16.6 Å². The number of rotatable bonds is 1. The first kappa shape index (κ1) is 23.6. The van der Waals surface area contributed by atoms with E-state index in [0.717, 1.165) is 17.0 Å². The minimum Gasteiger partial charge on any atom is -0.457 e. The van der Waals surface area contributed by atoms with Crippen LogP contribution in [0, 0.1) is 0 Å². The van der Waals surface area contributed by atoms with Crippen molar-refractivity contribution in [1.82, 2.24) is 0 Å². The van der Waals surface area contributed by atoms with E-state index in [-0.39, 0.29) is 11.2 Å². The number of hydrogen-bond acceptors (Lipinski definition) is 3. The van der Waals surface area contributed by atoms with Crippen LogP contribution in [0.25, 0.3) is 32.3 Å². The van der Waals surface area contributed by atoms with Gasteiger partial charge in [-0.15, -0.1) is 0 Å². The fraction of sp³-hybridized carbons (Fsp3) is 0.189. The van der Waals surface area contributed by atoms with Gasteiger partial charge < -0.3 is 14.0 Å². The molecule has 0 amide bonds. The van der Waals surface area contributed by atoms with E-state index in [4.69, 9.17) is 14.0 Å². The van der Waals surface area contributed by atoms with Crippen LogP contribution in [-0.4, -0.2) is 18.3 Å². The Morgan fingerprint density at radius 3 is 1.59 bits per heavy atom. The monoisotopic (exact) mass is 532 g/mol. The highest BCUT2D eigenvalue weighted by Gasteiger charge is 2.52. The van der Waals surface area contributed by atoms with Gasteiger partial charge in [-0.25, -0.2) is 0 Å². The summed E-state index contributed by atoms with van der Waals surface area (Å²) in [6.45, 7) is 8.43. The Labute approximate surface area is 239 Å². The zero-order chi connectivity index (χ0) is 27.7. The van der Waals surface area contributed by atoms with Crippen LogP contribution in [-0.2, 0) is 14.7 Å². The molecule has 0 unspecified atom stereocenters. The van der Waals surface area contributed by atoms with Crippen LogP contribution in [0.3, 0.4) is 0 Å². The summed E-state index contributed by atoms with van der Waals surface area (Å²) in [5.41, 5.74) is 4.83. The first-order chi connectivity index (χ1) is 19.8. The van der Waals surface area contributed by atoms with Crippen molar-refractivity contribution in [3.8, 4) is 11.5 Å². The molecule has 0 N–H and O–H groups in total. The maximum Gasteiger partial charge on any atom is 0.494 e. The molecule has 0 bridgehead atoms. The van der Waals surface area contributed by atoms with E-state index in [1.807, 2.05) is 0 Å². The molecule has 3 nitrogen and oxygen atoms in total. The lowest BCUT2D eigenvalue weighted by atomic mass is 9.66. The van der Waals surface area contributed by atoms with Crippen LogP contribution < -0.4 is 10.2 Å². The van der Waals surface area contributed by atoms with Gasteiger partial charge in [-0.3, -0.25) is 0 Å². The number of hydrogen-bond donors (Lipinski definition) is 0. The Hall–Kier alpha value is -4.12. The fourth-order valence-corrected chi connectivity index (χ4v) is 7.58. The Morgan fingerprint density at radius 1 is 0.488 bits per heavy atom. The van der Waals surface area contributed by atoms with Crippen LogP contribution in [0.5, 0.6) is 11.5 Å². The molecule has 41 heavy (non-hydrogen) atoms. The molecule has 1 fully saturated rings. The predicted octanol–water partition coefficient (Wildman–Crippen LogP) is 8.25. The second-order valence-electron chi connectivity index (χ2n) is 12.7.